The number of nitrogens with zero attached hydrogens (tertiary/aromatic N) is 1. The van der Waals surface area contributed by atoms with Crippen molar-refractivity contribution in [3.05, 3.63) is 29.3 Å². The van der Waals surface area contributed by atoms with Crippen LogP contribution in [0.3, 0.4) is 0 Å². The van der Waals surface area contributed by atoms with Crippen molar-refractivity contribution in [1.29, 1.82) is 0 Å². The highest BCUT2D eigenvalue weighted by molar-refractivity contribution is 7.18. The third-order valence-corrected chi connectivity index (χ3v) is 6.55. The summed E-state index contributed by atoms with van der Waals surface area (Å²) in [6.07, 6.45) is 4.50. The minimum absolute atomic E-state index is 0.203. The molecule has 1 amide bonds. The molecule has 0 radical (unpaired) electrons. The molecule has 1 aliphatic heterocycles. The minimum atomic E-state index is 0.203. The number of fused-ring (bicyclic) bond motifs is 1. The predicted octanol–water partition coefficient (Wildman–Crippen LogP) is 3.00. The van der Waals surface area contributed by atoms with Gasteiger partial charge in [0.05, 0.1) is 28.3 Å². The molecule has 0 unspecified atom stereocenters. The summed E-state index contributed by atoms with van der Waals surface area (Å²) in [5.74, 6) is 1.46. The lowest BCUT2D eigenvalue weighted by atomic mass is 9.97. The SMILES string of the molecule is CC(C)CC[C@H](C)NC(=O)C[NH+]1CCC(c2nc3ccccc3s2)CC1. The Hall–Kier alpha value is -1.46. The third kappa shape index (κ3) is 5.27. The topological polar surface area (TPSA) is 46.4 Å². The monoisotopic (exact) mass is 374 g/mol. The van der Waals surface area contributed by atoms with Gasteiger partial charge in [-0.05, 0) is 37.8 Å². The molecule has 1 aromatic carbocycles. The fourth-order valence-corrected chi connectivity index (χ4v) is 4.86. The molecule has 1 aliphatic rings. The smallest absolute Gasteiger partial charge is 0.275 e. The maximum Gasteiger partial charge on any atom is 0.275 e. The van der Waals surface area contributed by atoms with Crippen LogP contribution in [0.2, 0.25) is 0 Å². The number of piperidine rings is 1. The van der Waals surface area contributed by atoms with Gasteiger partial charge in [-0.1, -0.05) is 26.0 Å². The molecule has 26 heavy (non-hydrogen) atoms. The number of quaternary nitrogens is 1. The van der Waals surface area contributed by atoms with E-state index >= 15 is 0 Å². The Labute approximate surface area is 161 Å². The maximum atomic E-state index is 12.3. The number of hydrogen-bond donors (Lipinski definition) is 2. The fourth-order valence-electron chi connectivity index (χ4n) is 3.72. The fraction of sp³-hybridized carbons (Fsp3) is 0.619. The number of carbonyl (C=O) groups is 1. The summed E-state index contributed by atoms with van der Waals surface area (Å²) >= 11 is 1.84. The average molecular weight is 375 g/mol. The number of hydrogen-bond acceptors (Lipinski definition) is 3. The molecule has 0 spiro atoms. The van der Waals surface area contributed by atoms with Crippen LogP contribution in [0.25, 0.3) is 10.2 Å². The molecule has 1 saturated heterocycles. The van der Waals surface area contributed by atoms with E-state index in [1.165, 1.54) is 21.0 Å². The Kier molecular flexibility index (Phi) is 6.65. The van der Waals surface area contributed by atoms with Gasteiger partial charge >= 0.3 is 0 Å². The van der Waals surface area contributed by atoms with Crippen LogP contribution in [0.15, 0.2) is 24.3 Å². The van der Waals surface area contributed by atoms with Gasteiger partial charge in [0.2, 0.25) is 0 Å². The Bertz CT molecular complexity index is 686. The van der Waals surface area contributed by atoms with Crippen molar-refractivity contribution in [2.45, 2.75) is 58.4 Å². The van der Waals surface area contributed by atoms with Gasteiger partial charge in [-0.3, -0.25) is 4.79 Å². The van der Waals surface area contributed by atoms with Gasteiger partial charge in [0.15, 0.2) is 6.54 Å². The molecule has 3 rings (SSSR count). The summed E-state index contributed by atoms with van der Waals surface area (Å²) < 4.78 is 1.28. The van der Waals surface area contributed by atoms with E-state index in [2.05, 4.69) is 50.4 Å². The molecule has 1 aromatic heterocycles. The van der Waals surface area contributed by atoms with E-state index in [0.29, 0.717) is 18.4 Å². The first-order valence-corrected chi connectivity index (χ1v) is 10.8. The number of aromatic nitrogens is 1. The van der Waals surface area contributed by atoms with E-state index < -0.39 is 0 Å². The van der Waals surface area contributed by atoms with Gasteiger partial charge < -0.3 is 10.2 Å². The second kappa shape index (κ2) is 8.96. The second-order valence-corrected chi connectivity index (χ2v) is 9.22. The summed E-state index contributed by atoms with van der Waals surface area (Å²) in [6, 6.07) is 8.67. The van der Waals surface area contributed by atoms with Crippen LogP contribution in [0.5, 0.6) is 0 Å². The number of nitrogens with one attached hydrogen (secondary N) is 2. The van der Waals surface area contributed by atoms with Crippen molar-refractivity contribution >= 4 is 27.5 Å². The summed E-state index contributed by atoms with van der Waals surface area (Å²) in [5, 5.41) is 4.45. The predicted molar refractivity (Wildman–Crippen MR) is 109 cm³/mol. The van der Waals surface area contributed by atoms with Crippen molar-refractivity contribution < 1.29 is 9.69 Å². The lowest BCUT2D eigenvalue weighted by Gasteiger charge is -2.28. The van der Waals surface area contributed by atoms with Gasteiger partial charge in [-0.25, -0.2) is 4.98 Å². The zero-order valence-electron chi connectivity index (χ0n) is 16.3. The Balaban J connectivity index is 1.44. The molecule has 2 aromatic rings. The van der Waals surface area contributed by atoms with E-state index in [1.807, 2.05) is 11.3 Å². The number of carbonyl (C=O) groups excluding carboxylic acids is 1. The van der Waals surface area contributed by atoms with Crippen LogP contribution in [-0.4, -0.2) is 36.6 Å². The quantitative estimate of drug-likeness (QED) is 0.783. The summed E-state index contributed by atoms with van der Waals surface area (Å²) in [5.41, 5.74) is 1.12. The Morgan fingerprint density at radius 3 is 2.65 bits per heavy atom. The van der Waals surface area contributed by atoms with E-state index in [4.69, 9.17) is 4.98 Å². The molecule has 1 fully saturated rings. The third-order valence-electron chi connectivity index (χ3n) is 5.35. The van der Waals surface area contributed by atoms with E-state index in [0.717, 1.165) is 37.9 Å². The normalized spacial score (nSPS) is 21.8. The number of para-hydroxylation sites is 1. The van der Waals surface area contributed by atoms with Crippen molar-refractivity contribution in [3.63, 3.8) is 0 Å². The van der Waals surface area contributed by atoms with Crippen LogP contribution in [0.1, 0.15) is 57.4 Å². The van der Waals surface area contributed by atoms with Crippen molar-refractivity contribution in [2.24, 2.45) is 5.92 Å². The molecule has 0 saturated carbocycles. The maximum absolute atomic E-state index is 12.3. The number of likely N-dealkylation sites (tertiary alicyclic amines) is 1. The Morgan fingerprint density at radius 2 is 1.96 bits per heavy atom. The number of rotatable bonds is 7. The highest BCUT2D eigenvalue weighted by atomic mass is 32.1. The number of benzene rings is 1. The van der Waals surface area contributed by atoms with Crippen LogP contribution in [-0.2, 0) is 4.79 Å². The lowest BCUT2D eigenvalue weighted by Crippen LogP contribution is -3.14. The molecule has 0 bridgehead atoms. The van der Waals surface area contributed by atoms with Crippen molar-refractivity contribution in [2.75, 3.05) is 19.6 Å². The van der Waals surface area contributed by atoms with Gasteiger partial charge in [-0.2, -0.15) is 0 Å². The van der Waals surface area contributed by atoms with Crippen molar-refractivity contribution in [3.8, 4) is 0 Å². The first-order chi connectivity index (χ1) is 12.5. The molecule has 142 valence electrons. The standard InChI is InChI=1S/C21H31N3OS/c1-15(2)8-9-16(3)22-20(25)14-24-12-10-17(11-13-24)21-23-18-6-4-5-7-19(18)26-21/h4-7,15-17H,8-14H2,1-3H3,(H,22,25)/p+1/t16-/m0/s1. The number of amides is 1. The van der Waals surface area contributed by atoms with Gasteiger partial charge in [0, 0.05) is 24.8 Å². The largest absolute Gasteiger partial charge is 0.349 e. The molecular weight excluding hydrogens is 342 g/mol. The summed E-state index contributed by atoms with van der Waals surface area (Å²) in [4.78, 5) is 18.5. The van der Waals surface area contributed by atoms with Crippen molar-refractivity contribution in [1.82, 2.24) is 10.3 Å². The average Bonchev–Trinajstić information content (AvgIpc) is 3.04. The molecule has 4 nitrogen and oxygen atoms in total. The molecule has 5 heteroatoms. The minimum Gasteiger partial charge on any atom is -0.349 e. The lowest BCUT2D eigenvalue weighted by molar-refractivity contribution is -0.897. The molecule has 2 N–H and O–H groups in total. The van der Waals surface area contributed by atoms with Gasteiger partial charge in [-0.15, -0.1) is 11.3 Å². The molecule has 0 aliphatic carbocycles. The van der Waals surface area contributed by atoms with E-state index in [-0.39, 0.29) is 11.9 Å². The molecule has 1 atom stereocenters. The first kappa shape index (κ1) is 19.3. The van der Waals surface area contributed by atoms with E-state index in [9.17, 15) is 4.79 Å². The van der Waals surface area contributed by atoms with E-state index in [1.54, 1.807) is 0 Å². The highest BCUT2D eigenvalue weighted by Crippen LogP contribution is 2.31. The highest BCUT2D eigenvalue weighted by Gasteiger charge is 2.27. The van der Waals surface area contributed by atoms with Crippen LogP contribution in [0, 0.1) is 5.92 Å². The molecular formula is C21H32N3OS+. The zero-order valence-corrected chi connectivity index (χ0v) is 17.1. The Morgan fingerprint density at radius 1 is 1.23 bits per heavy atom. The van der Waals surface area contributed by atoms with Crippen LogP contribution in [0.4, 0.5) is 0 Å². The summed E-state index contributed by atoms with van der Waals surface area (Å²) in [6.45, 7) is 9.32. The van der Waals surface area contributed by atoms with Crippen LogP contribution >= 0.6 is 11.3 Å². The zero-order chi connectivity index (χ0) is 18.5. The number of thiazole rings is 1. The summed E-state index contributed by atoms with van der Waals surface area (Å²) in [7, 11) is 0. The first-order valence-electron chi connectivity index (χ1n) is 9.99. The van der Waals surface area contributed by atoms with Crippen LogP contribution < -0.4 is 10.2 Å². The molecule has 2 heterocycles. The van der Waals surface area contributed by atoms with Gasteiger partial charge in [0.1, 0.15) is 0 Å². The second-order valence-electron chi connectivity index (χ2n) is 8.16. The van der Waals surface area contributed by atoms with Gasteiger partial charge in [0.25, 0.3) is 5.91 Å².